The van der Waals surface area contributed by atoms with Crippen molar-refractivity contribution in [2.45, 2.75) is 33.4 Å². The molecule has 0 saturated carbocycles. The van der Waals surface area contributed by atoms with Gasteiger partial charge in [-0.3, -0.25) is 4.79 Å². The molecule has 0 aliphatic rings. The van der Waals surface area contributed by atoms with Gasteiger partial charge in [-0.1, -0.05) is 32.9 Å². The van der Waals surface area contributed by atoms with Gasteiger partial charge in [0.25, 0.3) is 0 Å². The van der Waals surface area contributed by atoms with Crippen molar-refractivity contribution in [3.8, 4) is 5.88 Å². The summed E-state index contributed by atoms with van der Waals surface area (Å²) in [4.78, 5) is 29.2. The second-order valence-electron chi connectivity index (χ2n) is 8.55. The molecule has 0 spiro atoms. The number of fused-ring (bicyclic) bond motifs is 1. The zero-order chi connectivity index (χ0) is 23.6. The molecule has 0 saturated heterocycles. The van der Waals surface area contributed by atoms with Crippen molar-refractivity contribution >= 4 is 22.7 Å². The number of pyridine rings is 2. The second-order valence-corrected chi connectivity index (χ2v) is 8.55. The summed E-state index contributed by atoms with van der Waals surface area (Å²) in [6, 6.07) is 6.87. The number of halogens is 1. The normalized spacial score (nSPS) is 12.6. The first kappa shape index (κ1) is 23.2. The second kappa shape index (κ2) is 8.96. The van der Waals surface area contributed by atoms with E-state index in [4.69, 9.17) is 4.74 Å². The smallest absolute Gasteiger partial charge is 0.341 e. The lowest BCUT2D eigenvalue weighted by Crippen LogP contribution is -2.31. The van der Waals surface area contributed by atoms with Crippen LogP contribution in [0.4, 0.5) is 10.1 Å². The molecule has 3 N–H and O–H groups in total. The molecule has 0 aliphatic heterocycles. The van der Waals surface area contributed by atoms with Gasteiger partial charge >= 0.3 is 5.97 Å². The van der Waals surface area contributed by atoms with Crippen LogP contribution in [-0.2, 0) is 6.54 Å². The van der Waals surface area contributed by atoms with E-state index in [0.29, 0.717) is 12.2 Å². The highest BCUT2D eigenvalue weighted by Crippen LogP contribution is 2.34. The number of carboxylic acids is 1. The number of carboxylic acid groups (broad SMARTS) is 1. The van der Waals surface area contributed by atoms with Gasteiger partial charge in [-0.05, 0) is 29.2 Å². The van der Waals surface area contributed by atoms with E-state index in [1.54, 1.807) is 12.1 Å². The highest BCUT2D eigenvalue weighted by molar-refractivity contribution is 5.93. The number of aliphatic hydroxyl groups excluding tert-OH is 1. The maximum absolute atomic E-state index is 13.2. The predicted molar refractivity (Wildman–Crippen MR) is 119 cm³/mol. The molecular formula is C23H26FN3O5. The first-order valence-corrected chi connectivity index (χ1v) is 10.0. The van der Waals surface area contributed by atoms with E-state index in [1.165, 1.54) is 36.1 Å². The molecule has 0 amide bonds. The third kappa shape index (κ3) is 4.57. The molecule has 9 heteroatoms. The molecule has 0 aliphatic carbocycles. The van der Waals surface area contributed by atoms with Gasteiger partial charge in [-0.2, -0.15) is 4.98 Å². The van der Waals surface area contributed by atoms with Gasteiger partial charge in [-0.15, -0.1) is 0 Å². The number of aliphatic hydroxyl groups is 1. The molecule has 1 unspecified atom stereocenters. The fourth-order valence-electron chi connectivity index (χ4n) is 3.51. The Bertz CT molecular complexity index is 1200. The Morgan fingerprint density at radius 1 is 1.28 bits per heavy atom. The number of nitrogens with one attached hydrogen (secondary N) is 1. The molecule has 0 bridgehead atoms. The number of aromatic carboxylic acids is 1. The quantitative estimate of drug-likeness (QED) is 0.513. The highest BCUT2D eigenvalue weighted by Gasteiger charge is 2.29. The highest BCUT2D eigenvalue weighted by atomic mass is 19.1. The number of aromatic nitrogens is 2. The van der Waals surface area contributed by atoms with Crippen LogP contribution < -0.4 is 15.5 Å². The standard InChI is InChI=1S/C23H26FN3O5/c1-23(2,3)18(12-28)27-11-16(22(30)31)19(29)15-9-17(21(32-4)26-20(15)27)25-10-13-5-7-14(24)8-6-13/h5-9,11,18,25,28H,10,12H2,1-4H3,(H,30,31). The van der Waals surface area contributed by atoms with Gasteiger partial charge in [-0.25, -0.2) is 9.18 Å². The van der Waals surface area contributed by atoms with Crippen molar-refractivity contribution in [2.75, 3.05) is 19.0 Å². The van der Waals surface area contributed by atoms with Crippen molar-refractivity contribution in [1.82, 2.24) is 9.55 Å². The van der Waals surface area contributed by atoms with E-state index < -0.39 is 28.4 Å². The molecule has 1 aromatic carbocycles. The first-order valence-electron chi connectivity index (χ1n) is 10.0. The van der Waals surface area contributed by atoms with Gasteiger partial charge in [0.1, 0.15) is 17.0 Å². The Balaban J connectivity index is 2.20. The molecular weight excluding hydrogens is 417 g/mol. The largest absolute Gasteiger partial charge is 0.479 e. The lowest BCUT2D eigenvalue weighted by Gasteiger charge is -2.32. The lowest BCUT2D eigenvalue weighted by molar-refractivity contribution is 0.0692. The number of hydrogen-bond acceptors (Lipinski definition) is 6. The SMILES string of the molecule is COc1nc2c(cc1NCc1ccc(F)cc1)c(=O)c(C(=O)O)cn2C(CO)C(C)(C)C. The van der Waals surface area contributed by atoms with Crippen LogP contribution in [0.5, 0.6) is 5.88 Å². The van der Waals surface area contributed by atoms with E-state index >= 15 is 0 Å². The summed E-state index contributed by atoms with van der Waals surface area (Å²) in [5.74, 6) is -1.52. The van der Waals surface area contributed by atoms with Crippen LogP contribution in [0.15, 0.2) is 41.3 Å². The fraction of sp³-hybridized carbons (Fsp3) is 0.348. The Morgan fingerprint density at radius 2 is 1.94 bits per heavy atom. The molecule has 0 radical (unpaired) electrons. The molecule has 1 atom stereocenters. The number of ether oxygens (including phenoxy) is 1. The number of carbonyl (C=O) groups is 1. The minimum atomic E-state index is -1.37. The van der Waals surface area contributed by atoms with Crippen LogP contribution in [0.1, 0.15) is 42.7 Å². The van der Waals surface area contributed by atoms with E-state index in [-0.39, 0.29) is 29.3 Å². The van der Waals surface area contributed by atoms with E-state index in [2.05, 4.69) is 10.3 Å². The summed E-state index contributed by atoms with van der Waals surface area (Å²) in [7, 11) is 1.43. The maximum Gasteiger partial charge on any atom is 0.341 e. The van der Waals surface area contributed by atoms with Crippen LogP contribution in [0.2, 0.25) is 0 Å². The number of anilines is 1. The zero-order valence-corrected chi connectivity index (χ0v) is 18.3. The van der Waals surface area contributed by atoms with Gasteiger partial charge in [0.15, 0.2) is 0 Å². The Morgan fingerprint density at radius 3 is 2.47 bits per heavy atom. The van der Waals surface area contributed by atoms with Gasteiger partial charge in [0, 0.05) is 12.7 Å². The summed E-state index contributed by atoms with van der Waals surface area (Å²) in [5, 5.41) is 22.8. The van der Waals surface area contributed by atoms with Crippen molar-refractivity contribution in [3.05, 3.63) is 63.7 Å². The monoisotopic (exact) mass is 443 g/mol. The number of rotatable bonds is 7. The van der Waals surface area contributed by atoms with Crippen LogP contribution in [-0.4, -0.2) is 39.5 Å². The molecule has 0 fully saturated rings. The summed E-state index contributed by atoms with van der Waals surface area (Å²) in [5.41, 5.74) is -0.185. The molecule has 8 nitrogen and oxygen atoms in total. The number of methoxy groups -OCH3 is 1. The van der Waals surface area contributed by atoms with E-state index in [0.717, 1.165) is 5.56 Å². The Hall–Kier alpha value is -3.46. The summed E-state index contributed by atoms with van der Waals surface area (Å²) in [6.45, 7) is 5.71. The topological polar surface area (TPSA) is 114 Å². The zero-order valence-electron chi connectivity index (χ0n) is 18.3. The van der Waals surface area contributed by atoms with Gasteiger partial charge in [0.05, 0.1) is 30.8 Å². The maximum atomic E-state index is 13.2. The molecule has 3 rings (SSSR count). The van der Waals surface area contributed by atoms with E-state index in [9.17, 15) is 24.2 Å². The number of benzene rings is 1. The number of nitrogens with zero attached hydrogens (tertiary/aromatic N) is 2. The molecule has 2 heterocycles. The minimum Gasteiger partial charge on any atom is -0.479 e. The van der Waals surface area contributed by atoms with E-state index in [1.807, 2.05) is 20.8 Å². The summed E-state index contributed by atoms with van der Waals surface area (Å²) in [6.07, 6.45) is 1.22. The van der Waals surface area contributed by atoms with Crippen LogP contribution in [0, 0.1) is 11.2 Å². The first-order chi connectivity index (χ1) is 15.1. The Kier molecular flexibility index (Phi) is 6.50. The van der Waals surface area contributed by atoms with Gasteiger partial charge in [0.2, 0.25) is 11.3 Å². The predicted octanol–water partition coefficient (Wildman–Crippen LogP) is 3.43. The summed E-state index contributed by atoms with van der Waals surface area (Å²) < 4.78 is 20.1. The fourth-order valence-corrected chi connectivity index (χ4v) is 3.51. The third-order valence-corrected chi connectivity index (χ3v) is 5.30. The van der Waals surface area contributed by atoms with Crippen molar-refractivity contribution in [2.24, 2.45) is 5.41 Å². The average molecular weight is 443 g/mol. The van der Waals surface area contributed by atoms with Crippen molar-refractivity contribution in [1.29, 1.82) is 0 Å². The molecule has 170 valence electrons. The number of hydrogen-bond donors (Lipinski definition) is 3. The van der Waals surface area contributed by atoms with Gasteiger partial charge < -0.3 is 24.8 Å². The van der Waals surface area contributed by atoms with Crippen LogP contribution in [0.3, 0.4) is 0 Å². The molecule has 2 aromatic heterocycles. The summed E-state index contributed by atoms with van der Waals surface area (Å²) >= 11 is 0. The minimum absolute atomic E-state index is 0.0787. The molecule has 3 aromatic rings. The van der Waals surface area contributed by atoms with Crippen molar-refractivity contribution < 1.29 is 24.1 Å². The van der Waals surface area contributed by atoms with Crippen LogP contribution in [0.25, 0.3) is 11.0 Å². The Labute approximate surface area is 184 Å². The van der Waals surface area contributed by atoms with Crippen LogP contribution >= 0.6 is 0 Å². The molecule has 32 heavy (non-hydrogen) atoms. The van der Waals surface area contributed by atoms with Crippen molar-refractivity contribution in [3.63, 3.8) is 0 Å². The lowest BCUT2D eigenvalue weighted by atomic mass is 9.86. The average Bonchev–Trinajstić information content (AvgIpc) is 2.73. The third-order valence-electron chi connectivity index (χ3n) is 5.30.